The van der Waals surface area contributed by atoms with Crippen molar-refractivity contribution in [3.63, 3.8) is 0 Å². The molecule has 4 heteroatoms. The van der Waals surface area contributed by atoms with E-state index in [9.17, 15) is 9.18 Å². The molecule has 0 bridgehead atoms. The van der Waals surface area contributed by atoms with Gasteiger partial charge in [0.25, 0.3) is 5.91 Å². The van der Waals surface area contributed by atoms with Crippen LogP contribution in [0.2, 0.25) is 0 Å². The van der Waals surface area contributed by atoms with Gasteiger partial charge in [-0.15, -0.1) is 0 Å². The van der Waals surface area contributed by atoms with E-state index in [4.69, 9.17) is 4.74 Å². The Kier molecular flexibility index (Phi) is 2.82. The number of carbonyl (C=O) groups excluding carboxylic acids is 1. The highest BCUT2D eigenvalue weighted by Crippen LogP contribution is 2.40. The highest BCUT2D eigenvalue weighted by Gasteiger charge is 2.42. The Balaban J connectivity index is 1.90. The molecule has 1 saturated carbocycles. The Bertz CT molecular complexity index is 465. The molecule has 0 spiro atoms. The summed E-state index contributed by atoms with van der Waals surface area (Å²) in [5.74, 6) is -0.350. The minimum absolute atomic E-state index is 0.111. The number of rotatable bonds is 3. The molecule has 1 aromatic rings. The highest BCUT2D eigenvalue weighted by atomic mass is 19.1. The fourth-order valence-electron chi connectivity index (χ4n) is 2.81. The van der Waals surface area contributed by atoms with Crippen LogP contribution in [0.3, 0.4) is 0 Å². The van der Waals surface area contributed by atoms with Crippen molar-refractivity contribution in [1.29, 1.82) is 0 Å². The molecule has 1 atom stereocenters. The second-order valence-corrected chi connectivity index (χ2v) is 5.08. The van der Waals surface area contributed by atoms with E-state index in [2.05, 4.69) is 5.32 Å². The van der Waals surface area contributed by atoms with Gasteiger partial charge in [0, 0.05) is 5.56 Å². The summed E-state index contributed by atoms with van der Waals surface area (Å²) in [6.07, 6.45) is 3.30. The number of epoxide rings is 1. The Morgan fingerprint density at radius 2 is 2.00 bits per heavy atom. The molecule has 1 N–H and O–H groups in total. The molecule has 1 saturated heterocycles. The summed E-state index contributed by atoms with van der Waals surface area (Å²) in [4.78, 5) is 11.9. The van der Waals surface area contributed by atoms with Crippen LogP contribution >= 0.6 is 0 Å². The van der Waals surface area contributed by atoms with E-state index in [-0.39, 0.29) is 17.8 Å². The van der Waals surface area contributed by atoms with Crippen molar-refractivity contribution in [3.05, 3.63) is 35.6 Å². The lowest BCUT2D eigenvalue weighted by Gasteiger charge is -2.31. The molecule has 2 aliphatic rings. The Morgan fingerprint density at radius 1 is 1.33 bits per heavy atom. The zero-order valence-corrected chi connectivity index (χ0v) is 10.1. The maximum Gasteiger partial charge on any atom is 0.252 e. The number of benzene rings is 1. The van der Waals surface area contributed by atoms with E-state index in [0.717, 1.165) is 25.7 Å². The van der Waals surface area contributed by atoms with Gasteiger partial charge in [-0.25, -0.2) is 4.39 Å². The van der Waals surface area contributed by atoms with Crippen LogP contribution in [-0.4, -0.2) is 18.6 Å². The molecule has 1 amide bonds. The molecule has 0 radical (unpaired) electrons. The maximum absolute atomic E-state index is 14.0. The first-order chi connectivity index (χ1) is 8.71. The molecular weight excluding hydrogens is 233 g/mol. The van der Waals surface area contributed by atoms with Crippen molar-refractivity contribution in [2.24, 2.45) is 0 Å². The standard InChI is InChI=1S/C14H16FNO2/c15-11-6-2-1-5-10(11)14(7-3-4-8-14)16-13(17)12-9-18-12/h1-2,5-6,12H,3-4,7-9H2,(H,16,17). The maximum atomic E-state index is 14.0. The van der Waals surface area contributed by atoms with E-state index >= 15 is 0 Å². The molecule has 18 heavy (non-hydrogen) atoms. The van der Waals surface area contributed by atoms with Gasteiger partial charge in [-0.05, 0) is 18.9 Å². The zero-order valence-electron chi connectivity index (χ0n) is 10.1. The molecule has 2 fully saturated rings. The van der Waals surface area contributed by atoms with Gasteiger partial charge in [0.1, 0.15) is 5.82 Å². The summed E-state index contributed by atoms with van der Waals surface area (Å²) in [6.45, 7) is 0.485. The first kappa shape index (κ1) is 11.7. The van der Waals surface area contributed by atoms with Gasteiger partial charge in [-0.3, -0.25) is 4.79 Å². The van der Waals surface area contributed by atoms with Crippen LogP contribution in [0.25, 0.3) is 0 Å². The van der Waals surface area contributed by atoms with E-state index in [1.165, 1.54) is 6.07 Å². The molecule has 1 aromatic carbocycles. The molecule has 1 aliphatic carbocycles. The summed E-state index contributed by atoms with van der Waals surface area (Å²) in [7, 11) is 0. The van der Waals surface area contributed by atoms with Gasteiger partial charge < -0.3 is 10.1 Å². The number of hydrogen-bond donors (Lipinski definition) is 1. The van der Waals surface area contributed by atoms with Crippen LogP contribution in [-0.2, 0) is 15.1 Å². The lowest BCUT2D eigenvalue weighted by molar-refractivity contribution is -0.124. The molecule has 1 aliphatic heterocycles. The Hall–Kier alpha value is -1.42. The van der Waals surface area contributed by atoms with Gasteiger partial charge in [0.15, 0.2) is 6.10 Å². The molecule has 96 valence electrons. The van der Waals surface area contributed by atoms with Gasteiger partial charge >= 0.3 is 0 Å². The third kappa shape index (κ3) is 2.01. The minimum atomic E-state index is -0.533. The fourth-order valence-corrected chi connectivity index (χ4v) is 2.81. The third-order valence-corrected chi connectivity index (χ3v) is 3.83. The predicted molar refractivity (Wildman–Crippen MR) is 64.4 cm³/mol. The van der Waals surface area contributed by atoms with Crippen LogP contribution in [0, 0.1) is 5.82 Å². The van der Waals surface area contributed by atoms with Gasteiger partial charge in [-0.2, -0.15) is 0 Å². The van der Waals surface area contributed by atoms with Gasteiger partial charge in [0.05, 0.1) is 12.1 Å². The van der Waals surface area contributed by atoms with Crippen molar-refractivity contribution in [1.82, 2.24) is 5.32 Å². The smallest absolute Gasteiger partial charge is 0.252 e. The second kappa shape index (κ2) is 4.35. The number of hydrogen-bond acceptors (Lipinski definition) is 2. The molecule has 1 heterocycles. The van der Waals surface area contributed by atoms with Crippen molar-refractivity contribution < 1.29 is 13.9 Å². The molecule has 0 aromatic heterocycles. The van der Waals surface area contributed by atoms with E-state index < -0.39 is 5.54 Å². The molecular formula is C14H16FNO2. The van der Waals surface area contributed by atoms with Gasteiger partial charge in [0.2, 0.25) is 0 Å². The summed E-state index contributed by atoms with van der Waals surface area (Å²) < 4.78 is 19.0. The third-order valence-electron chi connectivity index (χ3n) is 3.83. The number of nitrogens with one attached hydrogen (secondary N) is 1. The number of halogens is 1. The molecule has 3 rings (SSSR count). The number of ether oxygens (including phenoxy) is 1. The first-order valence-corrected chi connectivity index (χ1v) is 6.40. The van der Waals surface area contributed by atoms with Crippen molar-refractivity contribution in [3.8, 4) is 0 Å². The van der Waals surface area contributed by atoms with Crippen LogP contribution in [0.5, 0.6) is 0 Å². The minimum Gasteiger partial charge on any atom is -0.363 e. The van der Waals surface area contributed by atoms with E-state index in [1.807, 2.05) is 6.07 Å². The topological polar surface area (TPSA) is 41.6 Å². The lowest BCUT2D eigenvalue weighted by atomic mass is 9.87. The quantitative estimate of drug-likeness (QED) is 0.834. The average Bonchev–Trinajstić information content (AvgIpc) is 3.12. The highest BCUT2D eigenvalue weighted by molar-refractivity contribution is 5.83. The SMILES string of the molecule is O=C(NC1(c2ccccc2F)CCCC1)C1CO1. The summed E-state index contributed by atoms with van der Waals surface area (Å²) in [6, 6.07) is 6.72. The Labute approximate surface area is 105 Å². The number of carbonyl (C=O) groups is 1. The predicted octanol–water partition coefficient (Wildman–Crippen LogP) is 2.11. The van der Waals surface area contributed by atoms with Crippen LogP contribution in [0.4, 0.5) is 4.39 Å². The van der Waals surface area contributed by atoms with E-state index in [1.54, 1.807) is 12.1 Å². The summed E-state index contributed by atoms with van der Waals surface area (Å²) >= 11 is 0. The average molecular weight is 249 g/mol. The first-order valence-electron chi connectivity index (χ1n) is 6.40. The summed E-state index contributed by atoms with van der Waals surface area (Å²) in [5.41, 5.74) is 0.0745. The van der Waals surface area contributed by atoms with Crippen molar-refractivity contribution in [2.75, 3.05) is 6.61 Å². The normalized spacial score (nSPS) is 24.8. The largest absolute Gasteiger partial charge is 0.363 e. The zero-order chi connectivity index (χ0) is 12.6. The van der Waals surface area contributed by atoms with Crippen LogP contribution in [0.15, 0.2) is 24.3 Å². The van der Waals surface area contributed by atoms with Crippen LogP contribution < -0.4 is 5.32 Å². The molecule has 1 unspecified atom stereocenters. The van der Waals surface area contributed by atoms with Crippen molar-refractivity contribution in [2.45, 2.75) is 37.3 Å². The lowest BCUT2D eigenvalue weighted by Crippen LogP contribution is -2.46. The monoisotopic (exact) mass is 249 g/mol. The Morgan fingerprint density at radius 3 is 2.61 bits per heavy atom. The van der Waals surface area contributed by atoms with Gasteiger partial charge in [-0.1, -0.05) is 31.0 Å². The number of amides is 1. The fraction of sp³-hybridized carbons (Fsp3) is 0.500. The summed E-state index contributed by atoms with van der Waals surface area (Å²) in [5, 5.41) is 3.01. The van der Waals surface area contributed by atoms with Crippen LogP contribution in [0.1, 0.15) is 31.2 Å². The van der Waals surface area contributed by atoms with E-state index in [0.29, 0.717) is 12.2 Å². The second-order valence-electron chi connectivity index (χ2n) is 5.08. The van der Waals surface area contributed by atoms with Crippen molar-refractivity contribution >= 4 is 5.91 Å². The molecule has 3 nitrogen and oxygen atoms in total.